The van der Waals surface area contributed by atoms with Gasteiger partial charge in [-0.15, -0.1) is 0 Å². The molecule has 1 aromatic rings. The molecule has 80 valence electrons. The van der Waals surface area contributed by atoms with Gasteiger partial charge in [0.1, 0.15) is 5.82 Å². The number of urea groups is 1. The number of hydrogen-bond donors (Lipinski definition) is 2. The van der Waals surface area contributed by atoms with E-state index in [-0.39, 0.29) is 11.8 Å². The van der Waals surface area contributed by atoms with Gasteiger partial charge in [-0.25, -0.2) is 9.18 Å². The largest absolute Gasteiger partial charge is 0.335 e. The Kier molecular flexibility index (Phi) is 2.90. The molecule has 1 aromatic carbocycles. The minimum atomic E-state index is -0.338. The summed E-state index contributed by atoms with van der Waals surface area (Å²) in [6, 6.07) is 4.20. The van der Waals surface area contributed by atoms with Gasteiger partial charge in [-0.2, -0.15) is 0 Å². The number of benzene rings is 1. The average Bonchev–Trinajstić information content (AvgIpc) is 2.94. The number of hydrogen-bond acceptors (Lipinski definition) is 1. The number of rotatable bonds is 2. The molecule has 0 saturated heterocycles. The zero-order chi connectivity index (χ0) is 10.8. The van der Waals surface area contributed by atoms with Crippen LogP contribution in [0, 0.1) is 5.82 Å². The van der Waals surface area contributed by atoms with Gasteiger partial charge in [0.2, 0.25) is 0 Å². The van der Waals surface area contributed by atoms with Crippen molar-refractivity contribution in [1.29, 1.82) is 0 Å². The summed E-state index contributed by atoms with van der Waals surface area (Å²) >= 11 is 3.17. The van der Waals surface area contributed by atoms with E-state index in [1.54, 1.807) is 0 Å². The Hall–Kier alpha value is -1.10. The SMILES string of the molecule is O=C(Nc1ccc(F)cc1Br)NC1CC1. The van der Waals surface area contributed by atoms with E-state index in [1.165, 1.54) is 18.2 Å². The third-order valence-corrected chi connectivity index (χ3v) is 2.75. The third-order valence-electron chi connectivity index (χ3n) is 2.09. The second-order valence-electron chi connectivity index (χ2n) is 3.50. The number of nitrogens with one attached hydrogen (secondary N) is 2. The van der Waals surface area contributed by atoms with E-state index < -0.39 is 0 Å². The van der Waals surface area contributed by atoms with Gasteiger partial charge in [-0.3, -0.25) is 0 Å². The highest BCUT2D eigenvalue weighted by Gasteiger charge is 2.23. The first-order chi connectivity index (χ1) is 7.15. The molecule has 1 aliphatic carbocycles. The van der Waals surface area contributed by atoms with E-state index in [1.807, 2.05) is 0 Å². The fraction of sp³-hybridized carbons (Fsp3) is 0.300. The van der Waals surface area contributed by atoms with E-state index in [0.717, 1.165) is 12.8 Å². The Morgan fingerprint density at radius 2 is 2.20 bits per heavy atom. The smallest absolute Gasteiger partial charge is 0.319 e. The second kappa shape index (κ2) is 4.18. The lowest BCUT2D eigenvalue weighted by Crippen LogP contribution is -2.30. The van der Waals surface area contributed by atoms with Crippen LogP contribution in [0.3, 0.4) is 0 Å². The molecule has 5 heteroatoms. The molecule has 0 bridgehead atoms. The summed E-state index contributed by atoms with van der Waals surface area (Å²) in [5.74, 6) is -0.338. The summed E-state index contributed by atoms with van der Waals surface area (Å²) in [4.78, 5) is 11.4. The van der Waals surface area contributed by atoms with Crippen molar-refractivity contribution in [3.05, 3.63) is 28.5 Å². The molecular weight excluding hydrogens is 263 g/mol. The molecule has 2 N–H and O–H groups in total. The molecule has 0 heterocycles. The molecule has 2 amide bonds. The molecule has 2 rings (SSSR count). The van der Waals surface area contributed by atoms with Gasteiger partial charge in [0.05, 0.1) is 5.69 Å². The van der Waals surface area contributed by atoms with Crippen molar-refractivity contribution < 1.29 is 9.18 Å². The lowest BCUT2D eigenvalue weighted by atomic mass is 10.3. The lowest BCUT2D eigenvalue weighted by Gasteiger charge is -2.08. The standard InChI is InChI=1S/C10H10BrFN2O/c11-8-5-6(12)1-4-9(8)14-10(15)13-7-2-3-7/h1,4-5,7H,2-3H2,(H2,13,14,15). The van der Waals surface area contributed by atoms with E-state index >= 15 is 0 Å². The maximum absolute atomic E-state index is 12.7. The van der Waals surface area contributed by atoms with Crippen LogP contribution in [0.15, 0.2) is 22.7 Å². The third kappa shape index (κ3) is 2.92. The summed E-state index contributed by atoms with van der Waals surface area (Å²) in [5.41, 5.74) is 0.564. The van der Waals surface area contributed by atoms with Crippen molar-refractivity contribution in [2.24, 2.45) is 0 Å². The van der Waals surface area contributed by atoms with Crippen LogP contribution in [0.2, 0.25) is 0 Å². The van der Waals surface area contributed by atoms with Gasteiger partial charge in [0.25, 0.3) is 0 Å². The van der Waals surface area contributed by atoms with E-state index in [9.17, 15) is 9.18 Å². The zero-order valence-electron chi connectivity index (χ0n) is 7.89. The van der Waals surface area contributed by atoms with Crippen LogP contribution >= 0.6 is 15.9 Å². The molecule has 0 radical (unpaired) electrons. The topological polar surface area (TPSA) is 41.1 Å². The molecule has 0 unspecified atom stereocenters. The molecule has 0 aromatic heterocycles. The Bertz CT molecular complexity index is 393. The van der Waals surface area contributed by atoms with Gasteiger partial charge < -0.3 is 10.6 Å². The van der Waals surface area contributed by atoms with Gasteiger partial charge in [0.15, 0.2) is 0 Å². The first-order valence-electron chi connectivity index (χ1n) is 4.68. The number of amides is 2. The molecular formula is C10H10BrFN2O. The van der Waals surface area contributed by atoms with Crippen LogP contribution in [0.25, 0.3) is 0 Å². The van der Waals surface area contributed by atoms with Crippen molar-refractivity contribution >= 4 is 27.6 Å². The number of carbonyl (C=O) groups is 1. The zero-order valence-corrected chi connectivity index (χ0v) is 9.47. The van der Waals surface area contributed by atoms with Gasteiger partial charge in [0, 0.05) is 10.5 Å². The van der Waals surface area contributed by atoms with Gasteiger partial charge in [-0.1, -0.05) is 0 Å². The van der Waals surface area contributed by atoms with Crippen molar-refractivity contribution in [3.63, 3.8) is 0 Å². The molecule has 1 aliphatic rings. The number of anilines is 1. The van der Waals surface area contributed by atoms with Crippen LogP contribution in [-0.4, -0.2) is 12.1 Å². The Balaban J connectivity index is 1.99. The molecule has 0 aliphatic heterocycles. The van der Waals surface area contributed by atoms with Crippen molar-refractivity contribution in [3.8, 4) is 0 Å². The van der Waals surface area contributed by atoms with Crippen molar-refractivity contribution in [2.45, 2.75) is 18.9 Å². The monoisotopic (exact) mass is 272 g/mol. The predicted molar refractivity (Wildman–Crippen MR) is 59.3 cm³/mol. The van der Waals surface area contributed by atoms with Crippen LogP contribution in [-0.2, 0) is 0 Å². The summed E-state index contributed by atoms with van der Waals surface area (Å²) in [6.45, 7) is 0. The normalized spacial score (nSPS) is 14.8. The Morgan fingerprint density at radius 1 is 1.47 bits per heavy atom. The lowest BCUT2D eigenvalue weighted by molar-refractivity contribution is 0.251. The average molecular weight is 273 g/mol. The fourth-order valence-corrected chi connectivity index (χ4v) is 1.61. The molecule has 1 fully saturated rings. The number of carbonyl (C=O) groups excluding carboxylic acids is 1. The van der Waals surface area contributed by atoms with Crippen LogP contribution < -0.4 is 10.6 Å². The maximum Gasteiger partial charge on any atom is 0.319 e. The van der Waals surface area contributed by atoms with Crippen LogP contribution in [0.5, 0.6) is 0 Å². The minimum absolute atomic E-state index is 0.246. The quantitative estimate of drug-likeness (QED) is 0.854. The van der Waals surface area contributed by atoms with E-state index in [0.29, 0.717) is 16.2 Å². The molecule has 15 heavy (non-hydrogen) atoms. The fourth-order valence-electron chi connectivity index (χ4n) is 1.16. The number of halogens is 2. The van der Waals surface area contributed by atoms with Gasteiger partial charge in [-0.05, 0) is 47.0 Å². The van der Waals surface area contributed by atoms with Gasteiger partial charge >= 0.3 is 6.03 Å². The molecule has 0 spiro atoms. The summed E-state index contributed by atoms with van der Waals surface area (Å²) < 4.78 is 13.3. The van der Waals surface area contributed by atoms with Crippen LogP contribution in [0.4, 0.5) is 14.9 Å². The van der Waals surface area contributed by atoms with Crippen molar-refractivity contribution in [1.82, 2.24) is 5.32 Å². The van der Waals surface area contributed by atoms with E-state index in [4.69, 9.17) is 0 Å². The van der Waals surface area contributed by atoms with Crippen molar-refractivity contribution in [2.75, 3.05) is 5.32 Å². The predicted octanol–water partition coefficient (Wildman–Crippen LogP) is 2.87. The molecule has 1 saturated carbocycles. The highest BCUT2D eigenvalue weighted by atomic mass is 79.9. The molecule has 3 nitrogen and oxygen atoms in total. The summed E-state index contributed by atoms with van der Waals surface area (Å²) in [7, 11) is 0. The highest BCUT2D eigenvalue weighted by molar-refractivity contribution is 9.10. The Morgan fingerprint density at radius 3 is 2.80 bits per heavy atom. The minimum Gasteiger partial charge on any atom is -0.335 e. The first kappa shape index (κ1) is 10.4. The Labute approximate surface area is 95.2 Å². The van der Waals surface area contributed by atoms with Crippen LogP contribution in [0.1, 0.15) is 12.8 Å². The maximum atomic E-state index is 12.7. The first-order valence-corrected chi connectivity index (χ1v) is 5.47. The highest BCUT2D eigenvalue weighted by Crippen LogP contribution is 2.23. The summed E-state index contributed by atoms with van der Waals surface area (Å²) in [6.07, 6.45) is 2.08. The van der Waals surface area contributed by atoms with E-state index in [2.05, 4.69) is 26.6 Å². The summed E-state index contributed by atoms with van der Waals surface area (Å²) in [5, 5.41) is 5.42. The molecule has 0 atom stereocenters. The second-order valence-corrected chi connectivity index (χ2v) is 4.35.